The van der Waals surface area contributed by atoms with E-state index in [-0.39, 0.29) is 0 Å². The number of rotatable bonds is 1. The van der Waals surface area contributed by atoms with Crippen molar-refractivity contribution in [2.75, 3.05) is 0 Å². The van der Waals surface area contributed by atoms with Gasteiger partial charge in [-0.3, -0.25) is 0 Å². The van der Waals surface area contributed by atoms with Crippen LogP contribution in [0.1, 0.15) is 30.8 Å². The molecule has 0 bridgehead atoms. The third kappa shape index (κ3) is 1.54. The lowest BCUT2D eigenvalue weighted by Crippen LogP contribution is -1.87. The van der Waals surface area contributed by atoms with Gasteiger partial charge in [-0.25, -0.2) is 0 Å². The van der Waals surface area contributed by atoms with E-state index < -0.39 is 48.7 Å². The van der Waals surface area contributed by atoms with Crippen LogP contribution >= 0.6 is 0 Å². The SMILES string of the molecule is [2H]c1c([2H])c([2H])c(C([2H])(O)C([2H])([2H])[2H])c([2H])c1[2H]. The summed E-state index contributed by atoms with van der Waals surface area (Å²) in [6, 6.07) is -4.08. The summed E-state index contributed by atoms with van der Waals surface area (Å²) < 4.78 is 65.4. The number of hydrogen-bond donors (Lipinski definition) is 1. The first-order chi connectivity index (χ1) is 7.93. The molecule has 1 unspecified atom stereocenters. The molecule has 0 aliphatic rings. The van der Waals surface area contributed by atoms with E-state index in [9.17, 15) is 5.11 Å². The minimum absolute atomic E-state index is 0.713. The Kier molecular flexibility index (Phi) is 0.420. The highest BCUT2D eigenvalue weighted by Crippen LogP contribution is 2.08. The normalized spacial score (nSPS) is 32.3. The number of aliphatic hydroxyl groups is 1. The fourth-order valence-electron chi connectivity index (χ4n) is 0.368. The van der Waals surface area contributed by atoms with Gasteiger partial charge in [-0.05, 0) is 12.4 Å². The van der Waals surface area contributed by atoms with E-state index in [4.69, 9.17) is 12.3 Å². The van der Waals surface area contributed by atoms with Crippen molar-refractivity contribution in [1.82, 2.24) is 0 Å². The lowest BCUT2D eigenvalue weighted by molar-refractivity contribution is 0.199. The summed E-state index contributed by atoms with van der Waals surface area (Å²) in [4.78, 5) is 0. The van der Waals surface area contributed by atoms with Gasteiger partial charge in [0, 0.05) is 4.11 Å². The van der Waals surface area contributed by atoms with E-state index in [1.54, 1.807) is 0 Å². The molecule has 1 nitrogen and oxygen atoms in total. The van der Waals surface area contributed by atoms with Gasteiger partial charge >= 0.3 is 0 Å². The van der Waals surface area contributed by atoms with Crippen molar-refractivity contribution in [2.24, 2.45) is 0 Å². The molecule has 0 spiro atoms. The summed E-state index contributed by atoms with van der Waals surface area (Å²) in [5, 5.41) is 9.66. The van der Waals surface area contributed by atoms with Crippen molar-refractivity contribution in [2.45, 2.75) is 12.9 Å². The maximum Gasteiger partial charge on any atom is 0.0761 e. The third-order valence-electron chi connectivity index (χ3n) is 0.737. The van der Waals surface area contributed by atoms with Gasteiger partial charge in [-0.1, -0.05) is 30.2 Å². The summed E-state index contributed by atoms with van der Waals surface area (Å²) in [5.41, 5.74) is -0.950. The van der Waals surface area contributed by atoms with Gasteiger partial charge in [-0.15, -0.1) is 0 Å². The fraction of sp³-hybridized carbons (Fsp3) is 0.250. The average Bonchev–Trinajstić information content (AvgIpc) is 2.22. The van der Waals surface area contributed by atoms with Gasteiger partial charge in [0.1, 0.15) is 0 Å². The molecule has 0 fully saturated rings. The lowest BCUT2D eigenvalue weighted by Gasteiger charge is -2.00. The van der Waals surface area contributed by atoms with Crippen molar-refractivity contribution in [1.29, 1.82) is 0 Å². The van der Waals surface area contributed by atoms with Crippen LogP contribution in [0.5, 0.6) is 0 Å². The van der Waals surface area contributed by atoms with Gasteiger partial charge in [0.2, 0.25) is 0 Å². The molecule has 9 heavy (non-hydrogen) atoms. The maximum absolute atomic E-state index is 9.66. The van der Waals surface area contributed by atoms with Gasteiger partial charge in [0.05, 0.1) is 14.3 Å². The molecule has 0 heterocycles. The molecule has 0 radical (unpaired) electrons. The predicted octanol–water partition coefficient (Wildman–Crippen LogP) is 1.74. The fourth-order valence-corrected chi connectivity index (χ4v) is 0.368. The molecule has 1 rings (SSSR count). The zero-order valence-corrected chi connectivity index (χ0v) is 4.45. The van der Waals surface area contributed by atoms with Gasteiger partial charge in [0.25, 0.3) is 0 Å². The van der Waals surface area contributed by atoms with Gasteiger partial charge < -0.3 is 5.11 Å². The number of benzene rings is 1. The highest BCUT2D eigenvalue weighted by atomic mass is 16.3. The van der Waals surface area contributed by atoms with Crippen LogP contribution in [0, 0.1) is 0 Å². The molecule has 0 saturated heterocycles. The summed E-state index contributed by atoms with van der Waals surface area (Å²) in [5.74, 6) is 0. The second-order valence-corrected chi connectivity index (χ2v) is 1.35. The third-order valence-corrected chi connectivity index (χ3v) is 0.737. The topological polar surface area (TPSA) is 20.2 Å². The van der Waals surface area contributed by atoms with Gasteiger partial charge in [-0.2, -0.15) is 0 Å². The summed E-state index contributed by atoms with van der Waals surface area (Å²) in [6.07, 6.45) is -3.26. The Morgan fingerprint density at radius 3 is 2.89 bits per heavy atom. The second kappa shape index (κ2) is 2.65. The Hall–Kier alpha value is -0.820. The molecular weight excluding hydrogens is 112 g/mol. The van der Waals surface area contributed by atoms with E-state index >= 15 is 0 Å². The van der Waals surface area contributed by atoms with Gasteiger partial charge in [0.15, 0.2) is 0 Å². The van der Waals surface area contributed by atoms with Crippen molar-refractivity contribution in [3.63, 3.8) is 0 Å². The first-order valence-electron chi connectivity index (χ1n) is 6.72. The molecule has 0 amide bonds. The Morgan fingerprint density at radius 2 is 2.33 bits per heavy atom. The summed E-state index contributed by atoms with van der Waals surface area (Å²) in [7, 11) is 0. The molecule has 1 aromatic carbocycles. The van der Waals surface area contributed by atoms with E-state index in [2.05, 4.69) is 0 Å². The van der Waals surface area contributed by atoms with Crippen LogP contribution in [0.4, 0.5) is 0 Å². The Labute approximate surface area is 67.6 Å². The van der Waals surface area contributed by atoms with Crippen molar-refractivity contribution >= 4 is 0 Å². The molecule has 48 valence electrons. The maximum atomic E-state index is 9.66. The van der Waals surface area contributed by atoms with Crippen LogP contribution in [0.2, 0.25) is 0 Å². The van der Waals surface area contributed by atoms with E-state index in [1.165, 1.54) is 0 Å². The quantitative estimate of drug-likeness (QED) is 0.615. The van der Waals surface area contributed by atoms with E-state index in [0.29, 0.717) is 0 Å². The molecular formula is C8H10O. The van der Waals surface area contributed by atoms with Crippen LogP contribution in [0.3, 0.4) is 0 Å². The van der Waals surface area contributed by atoms with E-state index in [1.807, 2.05) is 0 Å². The molecule has 1 atom stereocenters. The Morgan fingerprint density at radius 1 is 1.67 bits per heavy atom. The Balaban J connectivity index is 3.72. The zero-order chi connectivity index (χ0) is 14.5. The highest BCUT2D eigenvalue weighted by molar-refractivity contribution is 5.16. The lowest BCUT2D eigenvalue weighted by atomic mass is 10.1. The molecule has 1 aromatic rings. The van der Waals surface area contributed by atoms with Crippen molar-refractivity contribution in [3.8, 4) is 0 Å². The van der Waals surface area contributed by atoms with E-state index in [0.717, 1.165) is 0 Å². The smallest absolute Gasteiger partial charge is 0.0761 e. The standard InChI is InChI=1S/C8H10O/c1-7(9)8-5-3-2-4-6-8/h2-7,9H,1H3/i1D3,2D,3D,4D,5D,6D,7D. The van der Waals surface area contributed by atoms with Crippen LogP contribution in [0.25, 0.3) is 0 Å². The predicted molar refractivity (Wildman–Crippen MR) is 37.1 cm³/mol. The van der Waals surface area contributed by atoms with Crippen molar-refractivity contribution in [3.05, 3.63) is 35.8 Å². The number of hydrogen-bond acceptors (Lipinski definition) is 1. The zero-order valence-electron chi connectivity index (χ0n) is 13.4. The van der Waals surface area contributed by atoms with Crippen molar-refractivity contribution < 1.29 is 17.4 Å². The molecule has 1 N–H and O–H groups in total. The van der Waals surface area contributed by atoms with Crippen LogP contribution in [-0.2, 0) is 0 Å². The monoisotopic (exact) mass is 131 g/mol. The highest BCUT2D eigenvalue weighted by Gasteiger charge is 1.95. The summed E-state index contributed by atoms with van der Waals surface area (Å²) >= 11 is 0. The molecule has 0 aliphatic heterocycles. The largest absolute Gasteiger partial charge is 0.389 e. The van der Waals surface area contributed by atoms with Crippen LogP contribution in [-0.4, -0.2) is 5.11 Å². The molecule has 0 saturated carbocycles. The minimum atomic E-state index is -3.26. The molecule has 1 heteroatoms. The first-order valence-corrected chi connectivity index (χ1v) is 2.22. The molecule has 0 aliphatic carbocycles. The van der Waals surface area contributed by atoms with Crippen LogP contribution < -0.4 is 0 Å². The average molecular weight is 131 g/mol. The second-order valence-electron chi connectivity index (χ2n) is 1.35. The summed E-state index contributed by atoms with van der Waals surface area (Å²) in [6.45, 7) is -3.24. The molecule has 0 aromatic heterocycles. The van der Waals surface area contributed by atoms with Crippen LogP contribution in [0.15, 0.2) is 30.2 Å². The Bertz CT molecular complexity index is 461. The first kappa shape index (κ1) is 1.43. The minimum Gasteiger partial charge on any atom is -0.389 e.